The molecule has 0 aromatic heterocycles. The third-order valence-corrected chi connectivity index (χ3v) is 4.41. The molecule has 0 aliphatic carbocycles. The second kappa shape index (κ2) is 5.61. The van der Waals surface area contributed by atoms with Gasteiger partial charge in [0.05, 0.1) is 0 Å². The number of alkyl halides is 4. The topological polar surface area (TPSA) is 0 Å². The van der Waals surface area contributed by atoms with E-state index in [0.29, 0.717) is 16.3 Å². The summed E-state index contributed by atoms with van der Waals surface area (Å²) < 4.78 is 27.4. The normalized spacial score (nSPS) is 11.8. The fourth-order valence-electron chi connectivity index (χ4n) is 1.78. The highest BCUT2D eigenvalue weighted by molar-refractivity contribution is 9.10. The fourth-order valence-corrected chi connectivity index (χ4v) is 3.49. The monoisotopic (exact) mass is 416 g/mol. The van der Waals surface area contributed by atoms with Gasteiger partial charge in [0.1, 0.15) is 4.84 Å². The average molecular weight is 419 g/mol. The van der Waals surface area contributed by atoms with E-state index in [4.69, 9.17) is 23.2 Å². The van der Waals surface area contributed by atoms with Crippen LogP contribution < -0.4 is 0 Å². The maximum Gasteiger partial charge on any atom is 0.265 e. The number of rotatable bonds is 2. The van der Waals surface area contributed by atoms with Crippen molar-refractivity contribution >= 4 is 65.8 Å². The summed E-state index contributed by atoms with van der Waals surface area (Å²) in [5.41, 5.74) is 0.362. The van der Waals surface area contributed by atoms with Gasteiger partial charge >= 0.3 is 0 Å². The van der Waals surface area contributed by atoms with E-state index in [2.05, 4.69) is 31.9 Å². The minimum Gasteiger partial charge on any atom is -0.205 e. The minimum atomic E-state index is -2.60. The van der Waals surface area contributed by atoms with Crippen molar-refractivity contribution in [2.45, 2.75) is 11.3 Å². The summed E-state index contributed by atoms with van der Waals surface area (Å²) in [5.74, 6) is 0. The second-order valence-electron chi connectivity index (χ2n) is 3.66. The van der Waals surface area contributed by atoms with E-state index in [1.165, 1.54) is 0 Å². The van der Waals surface area contributed by atoms with Crippen molar-refractivity contribution in [3.63, 3.8) is 0 Å². The molecular formula is C12H6Br2Cl2F2. The van der Waals surface area contributed by atoms with E-state index in [1.807, 2.05) is 0 Å². The Morgan fingerprint density at radius 2 is 1.72 bits per heavy atom. The Balaban J connectivity index is 2.87. The molecule has 0 N–H and O–H groups in total. The zero-order valence-corrected chi connectivity index (χ0v) is 13.4. The van der Waals surface area contributed by atoms with Gasteiger partial charge in [-0.3, -0.25) is 0 Å². The molecule has 0 fully saturated rings. The van der Waals surface area contributed by atoms with E-state index >= 15 is 0 Å². The number of fused-ring (bicyclic) bond motifs is 1. The van der Waals surface area contributed by atoms with E-state index in [9.17, 15) is 8.78 Å². The van der Waals surface area contributed by atoms with Crippen LogP contribution in [0.3, 0.4) is 0 Å². The summed E-state index contributed by atoms with van der Waals surface area (Å²) in [6, 6.07) is 6.83. The maximum absolute atomic E-state index is 13.2. The Kier molecular flexibility index (Phi) is 4.52. The molecule has 6 heteroatoms. The van der Waals surface area contributed by atoms with Crippen molar-refractivity contribution in [3.05, 3.63) is 44.3 Å². The van der Waals surface area contributed by atoms with Crippen LogP contribution in [0.25, 0.3) is 10.8 Å². The van der Waals surface area contributed by atoms with Crippen LogP contribution in [0.2, 0.25) is 0 Å². The van der Waals surface area contributed by atoms with Crippen LogP contribution in [-0.4, -0.2) is 0 Å². The highest BCUT2D eigenvalue weighted by atomic mass is 79.9. The molecule has 2 rings (SSSR count). The Hall–Kier alpha value is 0.1000. The van der Waals surface area contributed by atoms with Crippen LogP contribution in [0.15, 0.2) is 33.2 Å². The molecule has 0 nitrogen and oxygen atoms in total. The zero-order valence-electron chi connectivity index (χ0n) is 8.73. The number of halogens is 6. The lowest BCUT2D eigenvalue weighted by Gasteiger charge is -2.14. The Bertz CT molecular complexity index is 600. The van der Waals surface area contributed by atoms with Crippen molar-refractivity contribution in [1.29, 1.82) is 0 Å². The maximum atomic E-state index is 13.2. The summed E-state index contributed by atoms with van der Waals surface area (Å²) in [7, 11) is 0. The summed E-state index contributed by atoms with van der Waals surface area (Å²) in [4.78, 5) is -0.861. The number of hydrogen-bond acceptors (Lipinski definition) is 0. The van der Waals surface area contributed by atoms with Gasteiger partial charge in [0.15, 0.2) is 0 Å². The van der Waals surface area contributed by atoms with Gasteiger partial charge in [-0.05, 0) is 44.9 Å². The summed E-state index contributed by atoms with van der Waals surface area (Å²) >= 11 is 18.1. The molecule has 0 amide bonds. The van der Waals surface area contributed by atoms with E-state index in [-0.39, 0.29) is 10.0 Å². The van der Waals surface area contributed by atoms with Crippen molar-refractivity contribution in [2.24, 2.45) is 0 Å². The first-order valence-corrected chi connectivity index (χ1v) is 7.35. The summed E-state index contributed by atoms with van der Waals surface area (Å²) in [6.07, 6.45) is -2.60. The number of hydrogen-bond donors (Lipinski definition) is 0. The lowest BCUT2D eigenvalue weighted by Crippen LogP contribution is -1.95. The van der Waals surface area contributed by atoms with Crippen molar-refractivity contribution < 1.29 is 8.78 Å². The van der Waals surface area contributed by atoms with Crippen LogP contribution in [-0.2, 0) is 0 Å². The molecule has 0 radical (unpaired) electrons. The molecule has 0 atom stereocenters. The van der Waals surface area contributed by atoms with Crippen LogP contribution >= 0.6 is 55.1 Å². The predicted octanol–water partition coefficient (Wildman–Crippen LogP) is 6.78. The fraction of sp³-hybridized carbons (Fsp3) is 0.167. The Morgan fingerprint density at radius 1 is 1.06 bits per heavy atom. The molecule has 0 aliphatic rings. The van der Waals surface area contributed by atoms with Gasteiger partial charge in [-0.25, -0.2) is 8.78 Å². The van der Waals surface area contributed by atoms with Gasteiger partial charge in [-0.2, -0.15) is 0 Å². The first-order valence-electron chi connectivity index (χ1n) is 4.89. The third-order valence-electron chi connectivity index (χ3n) is 2.56. The van der Waals surface area contributed by atoms with Gasteiger partial charge in [0, 0.05) is 20.1 Å². The van der Waals surface area contributed by atoms with Crippen molar-refractivity contribution in [2.75, 3.05) is 0 Å². The summed E-state index contributed by atoms with van der Waals surface area (Å²) in [6.45, 7) is 0. The van der Waals surface area contributed by atoms with Gasteiger partial charge in [0.2, 0.25) is 0 Å². The molecule has 0 heterocycles. The molecule has 0 aliphatic heterocycles. The Labute approximate surface area is 130 Å². The molecule has 0 bridgehead atoms. The van der Waals surface area contributed by atoms with Crippen LogP contribution in [0.4, 0.5) is 8.78 Å². The quantitative estimate of drug-likeness (QED) is 0.471. The molecule has 0 spiro atoms. The van der Waals surface area contributed by atoms with Gasteiger partial charge in [-0.1, -0.05) is 22.0 Å². The summed E-state index contributed by atoms with van der Waals surface area (Å²) in [5, 5.41) is 1.15. The first-order chi connectivity index (χ1) is 8.41. The molecule has 18 heavy (non-hydrogen) atoms. The van der Waals surface area contributed by atoms with E-state index < -0.39 is 11.3 Å². The lowest BCUT2D eigenvalue weighted by molar-refractivity contribution is 0.152. The molecule has 0 unspecified atom stereocenters. The molecular weight excluding hydrogens is 413 g/mol. The zero-order chi connectivity index (χ0) is 13.4. The lowest BCUT2D eigenvalue weighted by atomic mass is 10.0. The molecule has 2 aromatic carbocycles. The van der Waals surface area contributed by atoms with E-state index in [0.717, 1.165) is 4.47 Å². The van der Waals surface area contributed by atoms with Crippen molar-refractivity contribution in [3.8, 4) is 0 Å². The van der Waals surface area contributed by atoms with Crippen LogP contribution in [0.1, 0.15) is 22.4 Å². The standard InChI is InChI=1S/C12H6Br2Cl2F2/c13-6-1-2-7-5(3-6)4-8(11(15)16)10(14)9(7)12(17)18/h1-4,11-12H. The molecule has 0 saturated carbocycles. The first kappa shape index (κ1) is 14.5. The van der Waals surface area contributed by atoms with Gasteiger partial charge in [-0.15, -0.1) is 23.2 Å². The molecule has 0 saturated heterocycles. The predicted molar refractivity (Wildman–Crippen MR) is 78.8 cm³/mol. The second-order valence-corrected chi connectivity index (χ2v) is 6.47. The minimum absolute atomic E-state index is 0.0821. The highest BCUT2D eigenvalue weighted by Crippen LogP contribution is 2.42. The van der Waals surface area contributed by atoms with Crippen LogP contribution in [0, 0.1) is 0 Å². The number of benzene rings is 2. The smallest absolute Gasteiger partial charge is 0.205 e. The third kappa shape index (κ3) is 2.67. The molecule has 2 aromatic rings. The van der Waals surface area contributed by atoms with E-state index in [1.54, 1.807) is 24.3 Å². The Morgan fingerprint density at radius 3 is 2.28 bits per heavy atom. The highest BCUT2D eigenvalue weighted by Gasteiger charge is 2.21. The van der Waals surface area contributed by atoms with Crippen LogP contribution in [0.5, 0.6) is 0 Å². The van der Waals surface area contributed by atoms with Gasteiger partial charge < -0.3 is 0 Å². The van der Waals surface area contributed by atoms with Gasteiger partial charge in [0.25, 0.3) is 6.43 Å². The SMILES string of the molecule is FC(F)c1c(Br)c(C(Cl)Cl)cc2cc(Br)ccc12. The largest absolute Gasteiger partial charge is 0.265 e. The van der Waals surface area contributed by atoms with Crippen molar-refractivity contribution in [1.82, 2.24) is 0 Å². The molecule has 96 valence electrons. The average Bonchev–Trinajstić information content (AvgIpc) is 2.27.